The summed E-state index contributed by atoms with van der Waals surface area (Å²) in [6.45, 7) is 3.36. The first-order valence-electron chi connectivity index (χ1n) is 9.41. The molecule has 7 nitrogen and oxygen atoms in total. The lowest BCUT2D eigenvalue weighted by Crippen LogP contribution is -2.45. The van der Waals surface area contributed by atoms with Crippen LogP contribution in [0.1, 0.15) is 39.0 Å². The molecule has 0 amide bonds. The maximum Gasteiger partial charge on any atom is 0.511 e. The number of halogens is 4. The SMILES string of the molecule is CCNC(=NCC1CCN(S(=O)(=O)C(F)(F)F)CC1)NCC1CCCC1O.I. The predicted octanol–water partition coefficient (Wildman–Crippen LogP) is 1.88. The highest BCUT2D eigenvalue weighted by molar-refractivity contribution is 14.0. The zero-order chi connectivity index (χ0) is 20.1. The molecule has 3 N–H and O–H groups in total. The lowest BCUT2D eigenvalue weighted by molar-refractivity contribution is -0.0496. The van der Waals surface area contributed by atoms with Crippen LogP contribution in [-0.2, 0) is 10.0 Å². The molecular weight excluding hydrogens is 512 g/mol. The van der Waals surface area contributed by atoms with E-state index < -0.39 is 15.5 Å². The number of nitrogens with one attached hydrogen (secondary N) is 2. The number of aliphatic hydroxyl groups is 1. The number of hydrogen-bond acceptors (Lipinski definition) is 4. The van der Waals surface area contributed by atoms with Crippen molar-refractivity contribution in [2.45, 2.75) is 50.6 Å². The van der Waals surface area contributed by atoms with Gasteiger partial charge in [0, 0.05) is 38.6 Å². The van der Waals surface area contributed by atoms with Crippen molar-refractivity contribution in [2.24, 2.45) is 16.8 Å². The van der Waals surface area contributed by atoms with Gasteiger partial charge < -0.3 is 15.7 Å². The van der Waals surface area contributed by atoms with Gasteiger partial charge in [0.25, 0.3) is 0 Å². The van der Waals surface area contributed by atoms with Gasteiger partial charge in [-0.25, -0.2) is 8.42 Å². The second kappa shape index (κ2) is 11.2. The molecule has 1 aliphatic heterocycles. The molecule has 2 atom stereocenters. The van der Waals surface area contributed by atoms with E-state index >= 15 is 0 Å². The normalized spacial score (nSPS) is 25.4. The molecule has 0 spiro atoms. The molecule has 2 rings (SSSR count). The first kappa shape index (κ1) is 25.7. The summed E-state index contributed by atoms with van der Waals surface area (Å²) in [5, 5.41) is 16.2. The molecule has 1 aliphatic carbocycles. The van der Waals surface area contributed by atoms with E-state index in [0.717, 1.165) is 19.3 Å². The number of nitrogens with zero attached hydrogens (tertiary/aromatic N) is 2. The van der Waals surface area contributed by atoms with Gasteiger partial charge in [-0.2, -0.15) is 17.5 Å². The van der Waals surface area contributed by atoms with Crippen LogP contribution in [0.2, 0.25) is 0 Å². The zero-order valence-corrected chi connectivity index (χ0v) is 19.1. The molecule has 0 radical (unpaired) electrons. The van der Waals surface area contributed by atoms with Crippen LogP contribution in [0.25, 0.3) is 0 Å². The molecule has 2 unspecified atom stereocenters. The molecule has 0 aromatic heterocycles. The molecule has 0 bridgehead atoms. The average molecular weight is 542 g/mol. The quantitative estimate of drug-likeness (QED) is 0.271. The molecule has 2 aliphatic rings. The summed E-state index contributed by atoms with van der Waals surface area (Å²) < 4.78 is 61.2. The number of guanidine groups is 1. The van der Waals surface area contributed by atoms with Gasteiger partial charge in [0.1, 0.15) is 0 Å². The van der Waals surface area contributed by atoms with Crippen molar-refractivity contribution in [2.75, 3.05) is 32.7 Å². The van der Waals surface area contributed by atoms with Gasteiger partial charge in [-0.3, -0.25) is 4.99 Å². The van der Waals surface area contributed by atoms with Gasteiger partial charge in [0.05, 0.1) is 6.10 Å². The van der Waals surface area contributed by atoms with Gasteiger partial charge in [-0.05, 0) is 38.5 Å². The lowest BCUT2D eigenvalue weighted by Gasteiger charge is -2.31. The molecule has 1 saturated heterocycles. The molecule has 1 heterocycles. The molecule has 0 aromatic rings. The summed E-state index contributed by atoms with van der Waals surface area (Å²) >= 11 is 0. The molecule has 1 saturated carbocycles. The van der Waals surface area contributed by atoms with Crippen LogP contribution in [0.4, 0.5) is 13.2 Å². The first-order chi connectivity index (χ1) is 12.6. The molecule has 2 fully saturated rings. The molecule has 0 aromatic carbocycles. The van der Waals surface area contributed by atoms with Gasteiger partial charge in [-0.15, -0.1) is 24.0 Å². The second-order valence-corrected chi connectivity index (χ2v) is 9.08. The third-order valence-corrected chi connectivity index (χ3v) is 6.84. The Hall–Kier alpha value is -0.340. The number of hydrogen-bond donors (Lipinski definition) is 3. The van der Waals surface area contributed by atoms with E-state index in [1.54, 1.807) is 0 Å². The average Bonchev–Trinajstić information content (AvgIpc) is 3.02. The van der Waals surface area contributed by atoms with Crippen LogP contribution in [-0.4, -0.2) is 68.1 Å². The van der Waals surface area contributed by atoms with E-state index in [2.05, 4.69) is 15.6 Å². The molecule has 12 heteroatoms. The maximum atomic E-state index is 12.6. The monoisotopic (exact) mass is 542 g/mol. The van der Waals surface area contributed by atoms with Gasteiger partial charge in [-0.1, -0.05) is 6.42 Å². The Balaban J connectivity index is 0.00000392. The first-order valence-corrected chi connectivity index (χ1v) is 10.9. The third-order valence-electron chi connectivity index (χ3n) is 5.21. The molecule has 28 heavy (non-hydrogen) atoms. The van der Waals surface area contributed by atoms with Crippen molar-refractivity contribution in [1.29, 1.82) is 0 Å². The van der Waals surface area contributed by atoms with Crippen molar-refractivity contribution >= 4 is 40.0 Å². The lowest BCUT2D eigenvalue weighted by atomic mass is 9.98. The van der Waals surface area contributed by atoms with Crippen LogP contribution >= 0.6 is 24.0 Å². The second-order valence-electron chi connectivity index (χ2n) is 7.15. The van der Waals surface area contributed by atoms with Crippen molar-refractivity contribution < 1.29 is 26.7 Å². The third kappa shape index (κ3) is 6.87. The maximum absolute atomic E-state index is 12.6. The highest BCUT2D eigenvalue weighted by Crippen LogP contribution is 2.30. The summed E-state index contributed by atoms with van der Waals surface area (Å²) in [5.41, 5.74) is -5.25. The number of alkyl halides is 3. The van der Waals surface area contributed by atoms with Gasteiger partial charge in [0.15, 0.2) is 5.96 Å². The Bertz CT molecular complexity index is 611. The van der Waals surface area contributed by atoms with E-state index in [9.17, 15) is 26.7 Å². The highest BCUT2D eigenvalue weighted by Gasteiger charge is 2.50. The van der Waals surface area contributed by atoms with E-state index in [1.165, 1.54) is 0 Å². The minimum absolute atomic E-state index is 0. The van der Waals surface area contributed by atoms with Crippen LogP contribution in [0.5, 0.6) is 0 Å². The van der Waals surface area contributed by atoms with E-state index in [-0.39, 0.29) is 55.0 Å². The van der Waals surface area contributed by atoms with Gasteiger partial charge in [0.2, 0.25) is 0 Å². The Kier molecular flexibility index (Phi) is 10.2. The minimum Gasteiger partial charge on any atom is -0.393 e. The van der Waals surface area contributed by atoms with Crippen LogP contribution in [0, 0.1) is 11.8 Å². The smallest absolute Gasteiger partial charge is 0.393 e. The summed E-state index contributed by atoms with van der Waals surface area (Å²) in [4.78, 5) is 4.48. The summed E-state index contributed by atoms with van der Waals surface area (Å²) in [5.74, 6) is 0.851. The number of aliphatic imine (C=N–C) groups is 1. The van der Waals surface area contributed by atoms with Crippen LogP contribution in [0.15, 0.2) is 4.99 Å². The van der Waals surface area contributed by atoms with E-state index in [0.29, 0.717) is 42.7 Å². The Labute approximate surface area is 181 Å². The van der Waals surface area contributed by atoms with Crippen molar-refractivity contribution in [3.8, 4) is 0 Å². The highest BCUT2D eigenvalue weighted by atomic mass is 127. The fourth-order valence-corrected chi connectivity index (χ4v) is 4.51. The standard InChI is InChI=1S/C16H29F3N4O3S.HI/c1-2-20-15(22-11-13-4-3-5-14(13)24)21-10-12-6-8-23(9-7-12)27(25,26)16(17,18)19;/h12-14,24H,2-11H2,1H3,(H2,20,21,22);1H. The molecular formula is C16H30F3IN4O3S. The fraction of sp³-hybridized carbons (Fsp3) is 0.938. The number of piperidine rings is 1. The van der Waals surface area contributed by atoms with Crippen molar-refractivity contribution in [1.82, 2.24) is 14.9 Å². The zero-order valence-electron chi connectivity index (χ0n) is 15.9. The van der Waals surface area contributed by atoms with Crippen molar-refractivity contribution in [3.05, 3.63) is 0 Å². The van der Waals surface area contributed by atoms with E-state index in [1.807, 2.05) is 6.92 Å². The number of sulfonamides is 1. The Morgan fingerprint density at radius 1 is 1.18 bits per heavy atom. The van der Waals surface area contributed by atoms with E-state index in [4.69, 9.17) is 0 Å². The minimum atomic E-state index is -5.25. The van der Waals surface area contributed by atoms with Crippen LogP contribution < -0.4 is 10.6 Å². The Morgan fingerprint density at radius 2 is 1.82 bits per heavy atom. The van der Waals surface area contributed by atoms with Crippen LogP contribution in [0.3, 0.4) is 0 Å². The number of aliphatic hydroxyl groups excluding tert-OH is 1. The van der Waals surface area contributed by atoms with Gasteiger partial charge >= 0.3 is 15.5 Å². The fourth-order valence-electron chi connectivity index (χ4n) is 3.52. The number of rotatable bonds is 6. The summed E-state index contributed by atoms with van der Waals surface area (Å²) in [6, 6.07) is 0. The summed E-state index contributed by atoms with van der Waals surface area (Å²) in [6.07, 6.45) is 3.21. The summed E-state index contributed by atoms with van der Waals surface area (Å²) in [7, 11) is -5.24. The topological polar surface area (TPSA) is 94.0 Å². The Morgan fingerprint density at radius 3 is 2.32 bits per heavy atom. The predicted molar refractivity (Wildman–Crippen MR) is 112 cm³/mol. The molecule has 166 valence electrons. The van der Waals surface area contributed by atoms with Crippen molar-refractivity contribution in [3.63, 3.8) is 0 Å². The largest absolute Gasteiger partial charge is 0.511 e.